The molecule has 0 aliphatic heterocycles. The number of nitrogens with one attached hydrogen (secondary N) is 1. The van der Waals surface area contributed by atoms with Crippen LogP contribution >= 0.6 is 0 Å². The van der Waals surface area contributed by atoms with Gasteiger partial charge >= 0.3 is 0 Å². The highest BCUT2D eigenvalue weighted by molar-refractivity contribution is 5.91. The number of rotatable bonds is 5. The Labute approximate surface area is 128 Å². The molecule has 1 amide bonds. The van der Waals surface area contributed by atoms with E-state index in [0.29, 0.717) is 12.3 Å². The molecule has 0 spiro atoms. The lowest BCUT2D eigenvalue weighted by molar-refractivity contribution is 0.0972. The van der Waals surface area contributed by atoms with Gasteiger partial charge in [-0.05, 0) is 30.7 Å². The number of fused-ring (bicyclic) bond motifs is 1. The van der Waals surface area contributed by atoms with E-state index in [9.17, 15) is 4.79 Å². The zero-order valence-corrected chi connectivity index (χ0v) is 12.3. The smallest absolute Gasteiger partial charge is 0.284 e. The molecule has 2 heterocycles. The Morgan fingerprint density at radius 3 is 2.82 bits per heavy atom. The van der Waals surface area contributed by atoms with Gasteiger partial charge in [0.05, 0.1) is 12.1 Å². The number of carbonyl (C=O) groups excluding carboxylic acids is 1. The van der Waals surface area contributed by atoms with Crippen LogP contribution in [0.3, 0.4) is 0 Å². The van der Waals surface area contributed by atoms with Crippen LogP contribution in [0.4, 0.5) is 5.69 Å². The molecule has 1 aromatic carbocycles. The SMILES string of the molecule is CCc1cc(NCc2ccc(C(N)=O)o2)c2ccccc2n1. The molecule has 0 aliphatic rings. The molecule has 22 heavy (non-hydrogen) atoms. The minimum atomic E-state index is -0.561. The fourth-order valence-corrected chi connectivity index (χ4v) is 2.35. The fraction of sp³-hybridized carbons (Fsp3) is 0.176. The first-order valence-corrected chi connectivity index (χ1v) is 7.18. The summed E-state index contributed by atoms with van der Waals surface area (Å²) < 4.78 is 5.38. The van der Waals surface area contributed by atoms with E-state index in [4.69, 9.17) is 10.2 Å². The Balaban J connectivity index is 1.87. The van der Waals surface area contributed by atoms with Crippen LogP contribution in [0.25, 0.3) is 10.9 Å². The van der Waals surface area contributed by atoms with Crippen molar-refractivity contribution in [3.63, 3.8) is 0 Å². The predicted octanol–water partition coefficient (Wildman–Crippen LogP) is 3.10. The summed E-state index contributed by atoms with van der Waals surface area (Å²) in [6, 6.07) is 13.4. The van der Waals surface area contributed by atoms with E-state index >= 15 is 0 Å². The van der Waals surface area contributed by atoms with Crippen molar-refractivity contribution in [1.29, 1.82) is 0 Å². The number of pyridine rings is 1. The summed E-state index contributed by atoms with van der Waals surface area (Å²) in [5.41, 5.74) is 8.17. The third kappa shape index (κ3) is 2.79. The first-order valence-electron chi connectivity index (χ1n) is 7.18. The second-order valence-corrected chi connectivity index (χ2v) is 5.02. The number of para-hydroxylation sites is 1. The van der Waals surface area contributed by atoms with Crippen molar-refractivity contribution < 1.29 is 9.21 Å². The van der Waals surface area contributed by atoms with Crippen LogP contribution in [0.2, 0.25) is 0 Å². The number of anilines is 1. The van der Waals surface area contributed by atoms with Crippen LogP contribution < -0.4 is 11.1 Å². The van der Waals surface area contributed by atoms with E-state index in [0.717, 1.165) is 28.7 Å². The Hall–Kier alpha value is -2.82. The molecule has 0 aliphatic carbocycles. The highest BCUT2D eigenvalue weighted by Gasteiger charge is 2.08. The quantitative estimate of drug-likeness (QED) is 0.758. The molecule has 3 rings (SSSR count). The predicted molar refractivity (Wildman–Crippen MR) is 85.7 cm³/mol. The van der Waals surface area contributed by atoms with Crippen LogP contribution in [0.15, 0.2) is 46.9 Å². The molecule has 3 N–H and O–H groups in total. The second kappa shape index (κ2) is 5.89. The molecular formula is C17H17N3O2. The number of primary amides is 1. The molecular weight excluding hydrogens is 278 g/mol. The Morgan fingerprint density at radius 2 is 2.09 bits per heavy atom. The summed E-state index contributed by atoms with van der Waals surface area (Å²) in [6.07, 6.45) is 0.867. The number of nitrogens with two attached hydrogens (primary N) is 1. The number of furan rings is 1. The summed E-state index contributed by atoms with van der Waals surface area (Å²) in [6.45, 7) is 2.55. The van der Waals surface area contributed by atoms with E-state index in [1.54, 1.807) is 12.1 Å². The van der Waals surface area contributed by atoms with Crippen molar-refractivity contribution in [3.8, 4) is 0 Å². The van der Waals surface area contributed by atoms with Crippen LogP contribution in [-0.4, -0.2) is 10.9 Å². The standard InChI is InChI=1S/C17H17N3O2/c1-2-11-9-15(13-5-3-4-6-14(13)20-11)19-10-12-7-8-16(22-12)17(18)21/h3-9H,2,10H2,1H3,(H2,18,21)(H,19,20). The van der Waals surface area contributed by atoms with Gasteiger partial charge in [-0.2, -0.15) is 0 Å². The lowest BCUT2D eigenvalue weighted by Gasteiger charge is -2.10. The van der Waals surface area contributed by atoms with Gasteiger partial charge in [0.25, 0.3) is 5.91 Å². The zero-order chi connectivity index (χ0) is 15.5. The van der Waals surface area contributed by atoms with Gasteiger partial charge in [0.2, 0.25) is 0 Å². The molecule has 0 bridgehead atoms. The first-order chi connectivity index (χ1) is 10.7. The topological polar surface area (TPSA) is 81.1 Å². The van der Waals surface area contributed by atoms with Crippen molar-refractivity contribution in [1.82, 2.24) is 4.98 Å². The maximum atomic E-state index is 11.0. The summed E-state index contributed by atoms with van der Waals surface area (Å²) >= 11 is 0. The van der Waals surface area contributed by atoms with Crippen molar-refractivity contribution in [2.24, 2.45) is 5.73 Å². The lowest BCUT2D eigenvalue weighted by atomic mass is 10.1. The molecule has 0 radical (unpaired) electrons. The Kier molecular flexibility index (Phi) is 3.78. The molecule has 0 fully saturated rings. The molecule has 0 atom stereocenters. The molecule has 0 saturated heterocycles. The van der Waals surface area contributed by atoms with Crippen molar-refractivity contribution in [3.05, 3.63) is 59.7 Å². The summed E-state index contributed by atoms with van der Waals surface area (Å²) in [4.78, 5) is 15.7. The van der Waals surface area contributed by atoms with E-state index < -0.39 is 5.91 Å². The molecule has 3 aromatic rings. The third-order valence-corrected chi connectivity index (χ3v) is 3.49. The minimum Gasteiger partial charge on any atom is -0.454 e. The number of hydrogen-bond donors (Lipinski definition) is 2. The second-order valence-electron chi connectivity index (χ2n) is 5.02. The van der Waals surface area contributed by atoms with Crippen LogP contribution in [0.5, 0.6) is 0 Å². The number of benzene rings is 1. The van der Waals surface area contributed by atoms with Gasteiger partial charge in [-0.1, -0.05) is 25.1 Å². The number of aryl methyl sites for hydroxylation is 1. The molecule has 0 unspecified atom stereocenters. The summed E-state index contributed by atoms with van der Waals surface area (Å²) in [7, 11) is 0. The monoisotopic (exact) mass is 295 g/mol. The Bertz CT molecular complexity index is 824. The molecule has 5 nitrogen and oxygen atoms in total. The van der Waals surface area contributed by atoms with Gasteiger partial charge in [0.15, 0.2) is 5.76 Å². The number of hydrogen-bond acceptors (Lipinski definition) is 4. The molecule has 112 valence electrons. The van der Waals surface area contributed by atoms with E-state index in [1.807, 2.05) is 30.3 Å². The van der Waals surface area contributed by atoms with Crippen LogP contribution in [-0.2, 0) is 13.0 Å². The number of carbonyl (C=O) groups is 1. The lowest BCUT2D eigenvalue weighted by Crippen LogP contribution is -2.09. The third-order valence-electron chi connectivity index (χ3n) is 3.49. The Morgan fingerprint density at radius 1 is 1.27 bits per heavy atom. The van der Waals surface area contributed by atoms with Crippen LogP contribution in [0.1, 0.15) is 28.9 Å². The van der Waals surface area contributed by atoms with Gasteiger partial charge in [0.1, 0.15) is 5.76 Å². The molecule has 2 aromatic heterocycles. The average Bonchev–Trinajstić information content (AvgIpc) is 3.01. The first kappa shape index (κ1) is 14.1. The van der Waals surface area contributed by atoms with Gasteiger partial charge in [-0.25, -0.2) is 0 Å². The maximum Gasteiger partial charge on any atom is 0.284 e. The number of amides is 1. The van der Waals surface area contributed by atoms with Gasteiger partial charge < -0.3 is 15.5 Å². The van der Waals surface area contributed by atoms with Crippen LogP contribution in [0, 0.1) is 0 Å². The highest BCUT2D eigenvalue weighted by Crippen LogP contribution is 2.24. The van der Waals surface area contributed by atoms with Crippen molar-refractivity contribution in [2.75, 3.05) is 5.32 Å². The van der Waals surface area contributed by atoms with Crippen molar-refractivity contribution >= 4 is 22.5 Å². The van der Waals surface area contributed by atoms with Gasteiger partial charge in [0, 0.05) is 16.8 Å². The number of nitrogens with zero attached hydrogens (tertiary/aromatic N) is 1. The van der Waals surface area contributed by atoms with E-state index in [1.165, 1.54) is 0 Å². The van der Waals surface area contributed by atoms with Crippen molar-refractivity contribution in [2.45, 2.75) is 19.9 Å². The summed E-state index contributed by atoms with van der Waals surface area (Å²) in [5.74, 6) is 0.271. The normalized spacial score (nSPS) is 10.8. The molecule has 5 heteroatoms. The average molecular weight is 295 g/mol. The maximum absolute atomic E-state index is 11.0. The zero-order valence-electron chi connectivity index (χ0n) is 12.3. The highest BCUT2D eigenvalue weighted by atomic mass is 16.3. The van der Waals surface area contributed by atoms with Gasteiger partial charge in [-0.3, -0.25) is 9.78 Å². The summed E-state index contributed by atoms with van der Waals surface area (Å²) in [5, 5.41) is 4.40. The number of aromatic nitrogens is 1. The van der Waals surface area contributed by atoms with Gasteiger partial charge in [-0.15, -0.1) is 0 Å². The minimum absolute atomic E-state index is 0.172. The van der Waals surface area contributed by atoms with E-state index in [2.05, 4.69) is 17.2 Å². The van der Waals surface area contributed by atoms with E-state index in [-0.39, 0.29) is 5.76 Å². The largest absolute Gasteiger partial charge is 0.454 e. The molecule has 0 saturated carbocycles. The fourth-order valence-electron chi connectivity index (χ4n) is 2.35.